The molecule has 21 rings (SSSR count). The summed E-state index contributed by atoms with van der Waals surface area (Å²) in [5.74, 6) is 0. The highest BCUT2D eigenvalue weighted by molar-refractivity contribution is 14.1. The van der Waals surface area contributed by atoms with Crippen molar-refractivity contribution in [1.29, 1.82) is 0 Å². The van der Waals surface area contributed by atoms with Crippen molar-refractivity contribution in [2.45, 2.75) is 49.7 Å². The number of benzene rings is 16. The van der Waals surface area contributed by atoms with Crippen LogP contribution in [0.4, 0.5) is 0 Å². The summed E-state index contributed by atoms with van der Waals surface area (Å²) in [5, 5.41) is 4.94. The van der Waals surface area contributed by atoms with Crippen LogP contribution in [0.1, 0.15) is 72.2 Å². The lowest BCUT2D eigenvalue weighted by molar-refractivity contribution is 0.00578. The fraction of sp³-hybridized carbons (Fsp3) is 0.0769. The molecule has 0 radical (unpaired) electrons. The van der Waals surface area contributed by atoms with Gasteiger partial charge in [-0.15, -0.1) is 0 Å². The molecule has 16 aromatic carbocycles. The van der Waals surface area contributed by atoms with E-state index >= 15 is 0 Å². The van der Waals surface area contributed by atoms with E-state index in [0.717, 1.165) is 31.3 Å². The molecule has 112 heavy (non-hydrogen) atoms. The first-order chi connectivity index (χ1) is 54.7. The lowest BCUT2D eigenvalue weighted by atomic mass is 9.67. The average Bonchev–Trinajstić information content (AvgIpc) is 1.53. The molecule has 0 amide bonds. The van der Waals surface area contributed by atoms with Gasteiger partial charge >= 0.3 is 7.12 Å². The summed E-state index contributed by atoms with van der Waals surface area (Å²) in [5.41, 5.74) is 29.1. The van der Waals surface area contributed by atoms with Crippen molar-refractivity contribution in [1.82, 2.24) is 9.13 Å². The summed E-state index contributed by atoms with van der Waals surface area (Å²) in [4.78, 5) is 0. The van der Waals surface area contributed by atoms with E-state index in [1.54, 1.807) is 0 Å². The predicted molar refractivity (Wildman–Crippen MR) is 483 cm³/mol. The minimum Gasteiger partial charge on any atom is -0.399 e. The van der Waals surface area contributed by atoms with Crippen LogP contribution in [0.5, 0.6) is 0 Å². The second-order valence-corrected chi connectivity index (χ2v) is 33.5. The molecule has 0 unspecified atom stereocenters. The first kappa shape index (κ1) is 71.1. The number of hydrogen-bond acceptors (Lipinski definition) is 2. The first-order valence-corrected chi connectivity index (χ1v) is 40.9. The monoisotopic (exact) mass is 1680 g/mol. The molecule has 0 saturated carbocycles. The van der Waals surface area contributed by atoms with Gasteiger partial charge in [-0.05, 0) is 241 Å². The summed E-state index contributed by atoms with van der Waals surface area (Å²) in [7, 11) is -0.436. The second kappa shape index (κ2) is 28.8. The third kappa shape index (κ3) is 12.1. The zero-order chi connectivity index (χ0) is 75.9. The molecule has 538 valence electrons. The smallest absolute Gasteiger partial charge is 0.399 e. The van der Waals surface area contributed by atoms with Crippen LogP contribution in [-0.4, -0.2) is 27.5 Å². The number of para-hydroxylation sites is 2. The van der Waals surface area contributed by atoms with Gasteiger partial charge in [0.2, 0.25) is 0 Å². The SMILES string of the molecule is Brc1cccc(-c2ccc(-c3ccc4c5ccccc5n(-c5ccc6c(c5)C(c5ccccc5)(c5ccccc5)c5ccccc5-6)c4c3)cc2)c1.Brc1cccc(-c2ccc(I)cc2)c1.CC1(C)OB(c2ccc3c4ccccc4n(-c4ccc5c(c4)C(c4ccccc4)(c4ccccc4)c4ccccc4-5)c3c2)OC1(C)C. The van der Waals surface area contributed by atoms with Gasteiger partial charge in [0.05, 0.1) is 44.1 Å². The first-order valence-electron chi connectivity index (χ1n) is 38.3. The summed E-state index contributed by atoms with van der Waals surface area (Å²) in [6, 6.07) is 142. The van der Waals surface area contributed by atoms with Gasteiger partial charge in [0, 0.05) is 45.4 Å². The summed E-state index contributed by atoms with van der Waals surface area (Å²) >= 11 is 9.41. The van der Waals surface area contributed by atoms with Crippen LogP contribution in [0.15, 0.2) is 397 Å². The van der Waals surface area contributed by atoms with Crippen LogP contribution >= 0.6 is 54.5 Å². The van der Waals surface area contributed by atoms with Crippen molar-refractivity contribution < 1.29 is 9.31 Å². The fourth-order valence-electron chi connectivity index (χ4n) is 17.8. The zero-order valence-electron chi connectivity index (χ0n) is 62.4. The molecular formula is C104H76BBr2IN2O2. The number of rotatable bonds is 10. The van der Waals surface area contributed by atoms with Crippen LogP contribution < -0.4 is 5.46 Å². The molecule has 1 aliphatic heterocycles. The summed E-state index contributed by atoms with van der Waals surface area (Å²) < 4.78 is 21.4. The molecular weight excluding hydrogens is 1610 g/mol. The molecule has 0 N–H and O–H groups in total. The van der Waals surface area contributed by atoms with Crippen molar-refractivity contribution in [2.75, 3.05) is 0 Å². The third-order valence-electron chi connectivity index (χ3n) is 23.7. The Morgan fingerprint density at radius 3 is 1.04 bits per heavy atom. The molecule has 3 aliphatic rings. The third-order valence-corrected chi connectivity index (χ3v) is 25.4. The highest BCUT2D eigenvalue weighted by atomic mass is 127. The molecule has 2 aliphatic carbocycles. The molecule has 2 aromatic heterocycles. The van der Waals surface area contributed by atoms with Crippen LogP contribution in [0, 0.1) is 3.57 Å². The average molecular weight is 1680 g/mol. The lowest BCUT2D eigenvalue weighted by Crippen LogP contribution is -2.41. The summed E-state index contributed by atoms with van der Waals surface area (Å²) in [6.45, 7) is 8.43. The minimum atomic E-state index is -0.461. The fourth-order valence-corrected chi connectivity index (χ4v) is 19.0. The van der Waals surface area contributed by atoms with Crippen molar-refractivity contribution >= 4 is 111 Å². The van der Waals surface area contributed by atoms with E-state index in [4.69, 9.17) is 9.31 Å². The van der Waals surface area contributed by atoms with E-state index in [-0.39, 0.29) is 0 Å². The molecule has 0 spiro atoms. The van der Waals surface area contributed by atoms with Crippen molar-refractivity contribution in [2.24, 2.45) is 0 Å². The van der Waals surface area contributed by atoms with Crippen LogP contribution in [0.25, 0.3) is 111 Å². The Morgan fingerprint density at radius 1 is 0.268 bits per heavy atom. The van der Waals surface area contributed by atoms with Gasteiger partial charge in [0.15, 0.2) is 0 Å². The van der Waals surface area contributed by atoms with E-state index in [1.165, 1.54) is 142 Å². The number of hydrogen-bond donors (Lipinski definition) is 0. The van der Waals surface area contributed by atoms with Gasteiger partial charge in [-0.2, -0.15) is 0 Å². The van der Waals surface area contributed by atoms with Crippen LogP contribution in [0.2, 0.25) is 0 Å². The van der Waals surface area contributed by atoms with Crippen molar-refractivity contribution in [3.8, 4) is 67.0 Å². The number of nitrogens with zero attached hydrogens (tertiary/aromatic N) is 2. The van der Waals surface area contributed by atoms with E-state index in [9.17, 15) is 0 Å². The van der Waals surface area contributed by atoms with Gasteiger partial charge in [0.1, 0.15) is 0 Å². The standard InChI is InChI=1S/C49H32BrN.C43H36BNO2.C12H8BrI/c50-39-17-11-12-35(30-39)33-22-24-34(25-23-33)36-26-28-44-43-19-8-10-21-47(43)51(48(44)31-36)40-27-29-42-41-18-7-9-20-45(41)49(46(42)32-40,37-13-3-1-4-14-37)38-15-5-2-6-16-38;1-41(2)42(3,4)47-44(46-41)31-23-25-36-35-20-12-14-22-39(35)45(40(36)27-31)32-24-26-34-33-19-11-13-21-37(33)43(38(34)28-32,29-15-7-5-8-16-29)30-17-9-6-10-18-30;13-11-3-1-2-10(8-11)9-4-6-12(14)7-5-9/h1-32H;5-28H,1-4H3;1-8H. The number of aromatic nitrogens is 2. The van der Waals surface area contributed by atoms with E-state index in [0.29, 0.717) is 0 Å². The quantitative estimate of drug-likeness (QED) is 0.101. The van der Waals surface area contributed by atoms with Crippen LogP contribution in [-0.2, 0) is 20.1 Å². The lowest BCUT2D eigenvalue weighted by Gasteiger charge is -2.34. The Balaban J connectivity index is 0.000000129. The van der Waals surface area contributed by atoms with E-state index in [1.807, 2.05) is 6.07 Å². The number of halogens is 3. The Labute approximate surface area is 685 Å². The van der Waals surface area contributed by atoms with Gasteiger partial charge < -0.3 is 18.4 Å². The molecule has 18 aromatic rings. The van der Waals surface area contributed by atoms with Crippen molar-refractivity contribution in [3.63, 3.8) is 0 Å². The topological polar surface area (TPSA) is 28.3 Å². The second-order valence-electron chi connectivity index (χ2n) is 30.4. The van der Waals surface area contributed by atoms with Crippen LogP contribution in [0.3, 0.4) is 0 Å². The Morgan fingerprint density at radius 2 is 0.607 bits per heavy atom. The molecule has 4 nitrogen and oxygen atoms in total. The molecule has 0 bridgehead atoms. The Kier molecular flexibility index (Phi) is 18.3. The molecule has 1 fully saturated rings. The predicted octanol–water partition coefficient (Wildman–Crippen LogP) is 27.4. The van der Waals surface area contributed by atoms with Crippen molar-refractivity contribution in [3.05, 3.63) is 445 Å². The Hall–Kier alpha value is -11.2. The van der Waals surface area contributed by atoms with Gasteiger partial charge in [-0.25, -0.2) is 0 Å². The maximum atomic E-state index is 6.51. The molecule has 0 atom stereocenters. The maximum Gasteiger partial charge on any atom is 0.494 e. The minimum absolute atomic E-state index is 0.410. The molecule has 8 heteroatoms. The normalized spacial score (nSPS) is 14.4. The number of fused-ring (bicyclic) bond motifs is 12. The zero-order valence-corrected chi connectivity index (χ0v) is 67.7. The van der Waals surface area contributed by atoms with Gasteiger partial charge in [-0.1, -0.05) is 335 Å². The molecule has 1 saturated heterocycles. The molecule has 3 heterocycles. The largest absolute Gasteiger partial charge is 0.494 e. The summed E-state index contributed by atoms with van der Waals surface area (Å²) in [6.07, 6.45) is 0. The highest BCUT2D eigenvalue weighted by Gasteiger charge is 2.52. The van der Waals surface area contributed by atoms with E-state index in [2.05, 4.69) is 473 Å². The Bertz CT molecular complexity index is 6520. The maximum absolute atomic E-state index is 6.51. The highest BCUT2D eigenvalue weighted by Crippen LogP contribution is 2.59. The van der Waals surface area contributed by atoms with E-state index < -0.39 is 29.2 Å². The van der Waals surface area contributed by atoms with Gasteiger partial charge in [0.25, 0.3) is 0 Å². The van der Waals surface area contributed by atoms with Gasteiger partial charge in [-0.3, -0.25) is 0 Å².